The van der Waals surface area contributed by atoms with E-state index in [4.69, 9.17) is 11.6 Å². The van der Waals surface area contributed by atoms with Crippen molar-refractivity contribution in [2.24, 2.45) is 0 Å². The molecule has 2 fully saturated rings. The lowest BCUT2D eigenvalue weighted by molar-refractivity contribution is -0.137. The van der Waals surface area contributed by atoms with Crippen LogP contribution >= 0.6 is 11.6 Å². The summed E-state index contributed by atoms with van der Waals surface area (Å²) in [5.74, 6) is -5.68. The van der Waals surface area contributed by atoms with E-state index >= 15 is 0 Å². The molecule has 1 aromatic heterocycles. The summed E-state index contributed by atoms with van der Waals surface area (Å²) >= 11 is 5.82. The van der Waals surface area contributed by atoms with Gasteiger partial charge in [0.2, 0.25) is 5.91 Å². The van der Waals surface area contributed by atoms with Crippen LogP contribution in [0, 0.1) is 11.6 Å². The molecule has 3 heterocycles. The maximum atomic E-state index is 14.7. The van der Waals surface area contributed by atoms with Crippen molar-refractivity contribution in [1.82, 2.24) is 19.7 Å². The molecule has 1 aromatic carbocycles. The Kier molecular flexibility index (Phi) is 5.17. The van der Waals surface area contributed by atoms with Crippen molar-refractivity contribution in [3.63, 3.8) is 0 Å². The first-order valence-electron chi connectivity index (χ1n) is 9.40. The van der Waals surface area contributed by atoms with Gasteiger partial charge in [0.25, 0.3) is 11.8 Å². The molecule has 0 radical (unpaired) electrons. The van der Waals surface area contributed by atoms with Gasteiger partial charge >= 0.3 is 0 Å². The third-order valence-electron chi connectivity index (χ3n) is 5.68. The van der Waals surface area contributed by atoms with Crippen LogP contribution in [0.3, 0.4) is 0 Å². The molecule has 2 saturated heterocycles. The molecule has 162 valence electrons. The van der Waals surface area contributed by atoms with Crippen LogP contribution in [0.25, 0.3) is 10.9 Å². The maximum absolute atomic E-state index is 14.7. The number of likely N-dealkylation sites (tertiary alicyclic amines) is 1. The Morgan fingerprint density at radius 2 is 1.77 bits per heavy atom. The number of hydrogen-bond acceptors (Lipinski definition) is 3. The summed E-state index contributed by atoms with van der Waals surface area (Å²) in [4.78, 5) is 32.2. The van der Waals surface area contributed by atoms with Crippen LogP contribution in [0.5, 0.6) is 0 Å². The number of aromatic nitrogens is 1. The van der Waals surface area contributed by atoms with Crippen LogP contribution in [-0.4, -0.2) is 83.2 Å². The average Bonchev–Trinajstić information content (AvgIpc) is 3.19. The quantitative estimate of drug-likeness (QED) is 0.722. The van der Waals surface area contributed by atoms with Gasteiger partial charge in [-0.15, -0.1) is 0 Å². The Balaban J connectivity index is 1.45. The second-order valence-corrected chi connectivity index (χ2v) is 8.08. The van der Waals surface area contributed by atoms with Crippen molar-refractivity contribution < 1.29 is 27.2 Å². The van der Waals surface area contributed by atoms with E-state index in [0.717, 1.165) is 6.07 Å². The number of carbonyl (C=O) groups excluding carboxylic acids is 2. The number of aromatic amines is 1. The van der Waals surface area contributed by atoms with Crippen LogP contribution in [0.4, 0.5) is 17.6 Å². The van der Waals surface area contributed by atoms with E-state index in [1.54, 1.807) is 0 Å². The first kappa shape index (κ1) is 20.9. The smallest absolute Gasteiger partial charge is 0.273 e. The number of piperazine rings is 1. The van der Waals surface area contributed by atoms with Crippen molar-refractivity contribution in [3.05, 3.63) is 34.5 Å². The number of alkyl halides is 2. The number of amides is 2. The summed E-state index contributed by atoms with van der Waals surface area (Å²) < 4.78 is 55.5. The van der Waals surface area contributed by atoms with Gasteiger partial charge in [-0.2, -0.15) is 0 Å². The maximum Gasteiger partial charge on any atom is 0.273 e. The Hall–Kier alpha value is -2.33. The van der Waals surface area contributed by atoms with Crippen LogP contribution in [0.2, 0.25) is 5.02 Å². The third-order valence-corrected chi connectivity index (χ3v) is 6.05. The predicted molar refractivity (Wildman–Crippen MR) is 102 cm³/mol. The van der Waals surface area contributed by atoms with Crippen LogP contribution in [-0.2, 0) is 4.79 Å². The fraction of sp³-hybridized carbons (Fsp3) is 0.474. The van der Waals surface area contributed by atoms with Crippen molar-refractivity contribution in [2.45, 2.75) is 18.4 Å². The zero-order valence-corrected chi connectivity index (χ0v) is 16.8. The molecule has 0 spiro atoms. The third kappa shape index (κ3) is 3.51. The monoisotopic (exact) mass is 446 g/mol. The number of nitrogens with one attached hydrogen (secondary N) is 1. The molecule has 1 N–H and O–H groups in total. The molecule has 0 unspecified atom stereocenters. The van der Waals surface area contributed by atoms with E-state index in [9.17, 15) is 27.2 Å². The first-order chi connectivity index (χ1) is 14.1. The molecule has 2 aliphatic heterocycles. The molecule has 6 nitrogen and oxygen atoms in total. The largest absolute Gasteiger partial charge is 0.348 e. The van der Waals surface area contributed by atoms with Crippen LogP contribution in [0.1, 0.15) is 16.9 Å². The number of H-pyrrole nitrogens is 1. The Bertz CT molecular complexity index is 1020. The topological polar surface area (TPSA) is 59.7 Å². The standard InChI is InChI=1S/C19H19ClF4N4O2/c1-26-9-19(23,24)8-12(26)17(29)27-4-6-28(7-5-27)18(30)16-15(22)13-11(25-16)3-2-10(21)14(13)20/h2-3,12,25H,4-9H2,1H3/t12-/m1/s1. The fourth-order valence-corrected chi connectivity index (χ4v) is 4.33. The van der Waals surface area contributed by atoms with E-state index < -0.39 is 53.4 Å². The number of likely N-dealkylation sites (N-methyl/N-ethyl adjacent to an activating group) is 1. The highest BCUT2D eigenvalue weighted by atomic mass is 35.5. The van der Waals surface area contributed by atoms with Crippen molar-refractivity contribution >= 4 is 34.3 Å². The molecule has 4 rings (SSSR count). The summed E-state index contributed by atoms with van der Waals surface area (Å²) in [6.07, 6.45) is -0.529. The van der Waals surface area contributed by atoms with Crippen molar-refractivity contribution in [3.8, 4) is 0 Å². The van der Waals surface area contributed by atoms with Crippen LogP contribution in [0.15, 0.2) is 12.1 Å². The predicted octanol–water partition coefficient (Wildman–Crippen LogP) is 2.72. The number of benzene rings is 1. The molecule has 1 atom stereocenters. The van der Waals surface area contributed by atoms with Crippen LogP contribution < -0.4 is 0 Å². The lowest BCUT2D eigenvalue weighted by Gasteiger charge is -2.36. The van der Waals surface area contributed by atoms with Gasteiger partial charge in [0, 0.05) is 32.6 Å². The Labute approximate surface area is 174 Å². The lowest BCUT2D eigenvalue weighted by atomic mass is 10.1. The number of halogens is 5. The van der Waals surface area contributed by atoms with Crippen molar-refractivity contribution in [1.29, 1.82) is 0 Å². The van der Waals surface area contributed by atoms with Gasteiger partial charge in [0.1, 0.15) is 11.5 Å². The second-order valence-electron chi connectivity index (χ2n) is 7.71. The summed E-state index contributed by atoms with van der Waals surface area (Å²) in [7, 11) is 1.48. The normalized spacial score (nSPS) is 22.1. The zero-order chi connectivity index (χ0) is 21.8. The Morgan fingerprint density at radius 3 is 2.37 bits per heavy atom. The number of hydrogen-bond donors (Lipinski definition) is 1. The molecule has 11 heteroatoms. The van der Waals surface area contributed by atoms with E-state index in [1.807, 2.05) is 0 Å². The molecule has 0 aliphatic carbocycles. The van der Waals surface area contributed by atoms with Gasteiger partial charge in [0.15, 0.2) is 5.82 Å². The summed E-state index contributed by atoms with van der Waals surface area (Å²) in [6, 6.07) is 1.47. The van der Waals surface area contributed by atoms with Gasteiger partial charge < -0.3 is 14.8 Å². The minimum atomic E-state index is -2.90. The van der Waals surface area contributed by atoms with Gasteiger partial charge in [-0.1, -0.05) is 11.6 Å². The minimum absolute atomic E-state index is 0.119. The number of rotatable bonds is 2. The average molecular weight is 447 g/mol. The van der Waals surface area contributed by atoms with E-state index in [1.165, 1.54) is 27.8 Å². The second kappa shape index (κ2) is 7.42. The first-order valence-corrected chi connectivity index (χ1v) is 9.78. The van der Waals surface area contributed by atoms with E-state index in [0.29, 0.717) is 0 Å². The summed E-state index contributed by atoms with van der Waals surface area (Å²) in [6.45, 7) is 0.0721. The number of fused-ring (bicyclic) bond motifs is 1. The highest BCUT2D eigenvalue weighted by molar-refractivity contribution is 6.35. The SMILES string of the molecule is CN1CC(F)(F)C[C@@H]1C(=O)N1CCN(C(=O)c2[nH]c3ccc(F)c(Cl)c3c2F)CC1. The fourth-order valence-electron chi connectivity index (χ4n) is 4.08. The highest BCUT2D eigenvalue weighted by Crippen LogP contribution is 2.33. The number of carbonyl (C=O) groups is 2. The van der Waals surface area contributed by atoms with E-state index in [-0.39, 0.29) is 42.8 Å². The van der Waals surface area contributed by atoms with Gasteiger partial charge in [-0.05, 0) is 19.2 Å². The zero-order valence-electron chi connectivity index (χ0n) is 16.0. The molecular formula is C19H19ClF4N4O2. The minimum Gasteiger partial charge on any atom is -0.348 e. The molecule has 2 aliphatic rings. The number of nitrogens with zero attached hydrogens (tertiary/aromatic N) is 3. The summed E-state index contributed by atoms with van der Waals surface area (Å²) in [5, 5.41) is -0.604. The molecule has 2 aromatic rings. The van der Waals surface area contributed by atoms with Gasteiger partial charge in [-0.25, -0.2) is 17.6 Å². The van der Waals surface area contributed by atoms with Gasteiger partial charge in [-0.3, -0.25) is 14.5 Å². The summed E-state index contributed by atoms with van der Waals surface area (Å²) in [5.41, 5.74) is -0.145. The molecule has 30 heavy (non-hydrogen) atoms. The Morgan fingerprint density at radius 1 is 1.13 bits per heavy atom. The molecule has 0 bridgehead atoms. The highest BCUT2D eigenvalue weighted by Gasteiger charge is 2.47. The molecule has 0 saturated carbocycles. The molecular weight excluding hydrogens is 428 g/mol. The van der Waals surface area contributed by atoms with Crippen molar-refractivity contribution in [2.75, 3.05) is 39.8 Å². The van der Waals surface area contributed by atoms with Gasteiger partial charge in [0.05, 0.1) is 28.5 Å². The lowest BCUT2D eigenvalue weighted by Crippen LogP contribution is -2.54. The molecule has 2 amide bonds. The van der Waals surface area contributed by atoms with E-state index in [2.05, 4.69) is 4.98 Å².